The van der Waals surface area contributed by atoms with Gasteiger partial charge >= 0.3 is 17.9 Å². The number of carbonyl (C=O) groups excluding carboxylic acids is 3. The van der Waals surface area contributed by atoms with Gasteiger partial charge < -0.3 is 19.7 Å². The van der Waals surface area contributed by atoms with Gasteiger partial charge in [0.2, 0.25) is 6.10 Å². The minimum Gasteiger partial charge on any atom is -0.478 e. The summed E-state index contributed by atoms with van der Waals surface area (Å²) in [7, 11) is 0. The zero-order valence-corrected chi connectivity index (χ0v) is 21.1. The normalized spacial score (nSPS) is 12.8. The van der Waals surface area contributed by atoms with Gasteiger partial charge in [-0.05, 0) is 35.4 Å². The molecular weight excluding hydrogens is 530 g/mol. The minimum atomic E-state index is -1.65. The quantitative estimate of drug-likeness (QED) is 0.202. The summed E-state index contributed by atoms with van der Waals surface area (Å²) in [5, 5.41) is 21.3. The van der Waals surface area contributed by atoms with Gasteiger partial charge in [0.05, 0.1) is 22.3 Å². The van der Waals surface area contributed by atoms with Gasteiger partial charge in [0, 0.05) is 5.56 Å². The van der Waals surface area contributed by atoms with E-state index >= 15 is 0 Å². The fourth-order valence-electron chi connectivity index (χ4n) is 4.52. The third-order valence-corrected chi connectivity index (χ3v) is 6.43. The number of hydrogen-bond acceptors (Lipinski definition) is 7. The van der Waals surface area contributed by atoms with E-state index in [1.807, 2.05) is 0 Å². The number of carboxylic acids is 2. The number of fused-ring (bicyclic) bond motifs is 1. The Labute approximate surface area is 232 Å². The van der Waals surface area contributed by atoms with Crippen LogP contribution in [0.3, 0.4) is 0 Å². The maximum absolute atomic E-state index is 13.9. The number of esters is 1. The Morgan fingerprint density at radius 1 is 0.659 bits per heavy atom. The highest BCUT2D eigenvalue weighted by molar-refractivity contribution is 6.22. The Morgan fingerprint density at radius 2 is 1.27 bits per heavy atom. The first kappa shape index (κ1) is 26.8. The molecule has 0 spiro atoms. The van der Waals surface area contributed by atoms with E-state index in [0.29, 0.717) is 11.1 Å². The summed E-state index contributed by atoms with van der Waals surface area (Å²) >= 11 is 0. The Morgan fingerprint density at radius 3 is 1.85 bits per heavy atom. The molecule has 0 aliphatic carbocycles. The molecule has 0 fully saturated rings. The maximum Gasteiger partial charge on any atom is 0.353 e. The number of ether oxygens (including phenoxy) is 2. The van der Waals surface area contributed by atoms with Crippen molar-refractivity contribution < 1.29 is 43.7 Å². The lowest BCUT2D eigenvalue weighted by atomic mass is 9.99. The highest BCUT2D eigenvalue weighted by atomic mass is 16.6. The Hall–Kier alpha value is -5.77. The highest BCUT2D eigenvalue weighted by Crippen LogP contribution is 2.34. The van der Waals surface area contributed by atoms with Gasteiger partial charge in [-0.2, -0.15) is 0 Å². The number of nitrogens with one attached hydrogen (secondary N) is 1. The summed E-state index contributed by atoms with van der Waals surface area (Å²) in [6.07, 6.45) is -2.54. The van der Waals surface area contributed by atoms with Gasteiger partial charge in [-0.1, -0.05) is 72.8 Å². The molecule has 41 heavy (non-hydrogen) atoms. The predicted molar refractivity (Wildman–Crippen MR) is 143 cm³/mol. The average Bonchev–Trinajstić information content (AvgIpc) is 3.28. The molecule has 1 aliphatic rings. The van der Waals surface area contributed by atoms with E-state index in [0.717, 1.165) is 12.1 Å². The van der Waals surface area contributed by atoms with Crippen LogP contribution in [-0.4, -0.2) is 39.9 Å². The number of carboxylic acid groups (broad SMARTS) is 2. The summed E-state index contributed by atoms with van der Waals surface area (Å²) < 4.78 is 12.0. The van der Waals surface area contributed by atoms with Crippen molar-refractivity contribution in [1.82, 2.24) is 5.32 Å². The van der Waals surface area contributed by atoms with Gasteiger partial charge in [-0.3, -0.25) is 14.9 Å². The first-order valence-corrected chi connectivity index (χ1v) is 12.3. The Balaban J connectivity index is 1.60. The van der Waals surface area contributed by atoms with Crippen molar-refractivity contribution in [3.05, 3.63) is 136 Å². The average molecular weight is 552 g/mol. The number of aromatic carboxylic acids is 2. The lowest BCUT2D eigenvalue weighted by Crippen LogP contribution is -2.25. The lowest BCUT2D eigenvalue weighted by molar-refractivity contribution is -0.156. The summed E-state index contributed by atoms with van der Waals surface area (Å²) in [6.45, 7) is 0. The number of benzene rings is 4. The minimum absolute atomic E-state index is 0.0403. The molecule has 0 saturated heterocycles. The van der Waals surface area contributed by atoms with Crippen LogP contribution in [0.1, 0.15) is 70.3 Å². The fraction of sp³-hybridized carbons (Fsp3) is 0.0645. The molecule has 0 bridgehead atoms. The van der Waals surface area contributed by atoms with Crippen LogP contribution in [-0.2, 0) is 9.53 Å². The van der Waals surface area contributed by atoms with Gasteiger partial charge in [-0.25, -0.2) is 14.4 Å². The number of rotatable bonds is 9. The summed E-state index contributed by atoms with van der Waals surface area (Å²) in [4.78, 5) is 62.1. The van der Waals surface area contributed by atoms with Gasteiger partial charge in [0.15, 0.2) is 6.10 Å². The number of imide groups is 1. The van der Waals surface area contributed by atoms with Gasteiger partial charge in [-0.15, -0.1) is 0 Å². The third kappa shape index (κ3) is 5.39. The van der Waals surface area contributed by atoms with Crippen molar-refractivity contribution in [3.8, 4) is 5.75 Å². The number of hydrogen-bond donors (Lipinski definition) is 3. The summed E-state index contributed by atoms with van der Waals surface area (Å²) in [6, 6.07) is 25.3. The second-order valence-electron chi connectivity index (χ2n) is 9.01. The molecule has 10 heteroatoms. The molecule has 10 nitrogen and oxygen atoms in total. The maximum atomic E-state index is 13.9. The van der Waals surface area contributed by atoms with E-state index in [9.17, 15) is 34.2 Å². The van der Waals surface area contributed by atoms with E-state index in [1.165, 1.54) is 24.3 Å². The molecule has 1 atom stereocenters. The standard InChI is InChI=1S/C31H21NO9/c33-27-21-12-7-13-23(24(21)28(34)32-27)40-26(19-14-15-20(29(35)36)22(16-19)30(37)38)31(39)41-25(17-8-3-1-4-9-17)18-10-5-2-6-11-18/h1-16,25-26H,(H,35,36)(H,37,38)(H,32,33,34)/t26-/m0/s1. The van der Waals surface area contributed by atoms with Crippen molar-refractivity contribution in [2.75, 3.05) is 0 Å². The molecule has 1 aliphatic heterocycles. The van der Waals surface area contributed by atoms with Crippen molar-refractivity contribution in [1.29, 1.82) is 0 Å². The molecule has 5 rings (SSSR count). The van der Waals surface area contributed by atoms with Crippen LogP contribution in [0.2, 0.25) is 0 Å². The molecule has 4 aromatic rings. The van der Waals surface area contributed by atoms with Crippen LogP contribution in [0.25, 0.3) is 0 Å². The van der Waals surface area contributed by atoms with Crippen molar-refractivity contribution in [2.45, 2.75) is 12.2 Å². The third-order valence-electron chi connectivity index (χ3n) is 6.43. The first-order valence-electron chi connectivity index (χ1n) is 12.3. The van der Waals surface area contributed by atoms with Crippen LogP contribution in [0.15, 0.2) is 97.1 Å². The molecule has 4 aromatic carbocycles. The monoisotopic (exact) mass is 551 g/mol. The largest absolute Gasteiger partial charge is 0.478 e. The van der Waals surface area contributed by atoms with Crippen LogP contribution in [0.5, 0.6) is 5.75 Å². The van der Waals surface area contributed by atoms with Crippen LogP contribution in [0, 0.1) is 0 Å². The predicted octanol–water partition coefficient (Wildman–Crippen LogP) is 4.42. The molecule has 3 N–H and O–H groups in total. The summed E-state index contributed by atoms with van der Waals surface area (Å²) in [5.74, 6) is -5.45. The lowest BCUT2D eigenvalue weighted by Gasteiger charge is -2.24. The van der Waals surface area contributed by atoms with Crippen LogP contribution in [0.4, 0.5) is 0 Å². The number of amides is 2. The molecule has 0 aromatic heterocycles. The SMILES string of the molecule is O=C(O)c1ccc([C@H](Oc2cccc3c2C(=O)NC3=O)C(=O)OC(c2ccccc2)c2ccccc2)cc1C(=O)O. The Kier molecular flexibility index (Phi) is 7.29. The second-order valence-corrected chi connectivity index (χ2v) is 9.01. The van der Waals surface area contributed by atoms with Crippen molar-refractivity contribution in [2.24, 2.45) is 0 Å². The second kappa shape index (κ2) is 11.1. The van der Waals surface area contributed by atoms with Crippen LogP contribution < -0.4 is 10.1 Å². The highest BCUT2D eigenvalue weighted by Gasteiger charge is 2.35. The fourth-order valence-corrected chi connectivity index (χ4v) is 4.52. The molecule has 0 unspecified atom stereocenters. The van der Waals surface area contributed by atoms with Gasteiger partial charge in [0.1, 0.15) is 5.75 Å². The molecule has 1 heterocycles. The zero-order valence-electron chi connectivity index (χ0n) is 21.1. The van der Waals surface area contributed by atoms with Crippen molar-refractivity contribution in [3.63, 3.8) is 0 Å². The molecule has 0 saturated carbocycles. The topological polar surface area (TPSA) is 156 Å². The smallest absolute Gasteiger partial charge is 0.353 e. The molecule has 204 valence electrons. The van der Waals surface area contributed by atoms with E-state index in [2.05, 4.69) is 5.32 Å². The van der Waals surface area contributed by atoms with E-state index < -0.39 is 53.1 Å². The van der Waals surface area contributed by atoms with E-state index in [1.54, 1.807) is 60.7 Å². The first-order chi connectivity index (χ1) is 19.7. The number of carbonyl (C=O) groups is 5. The van der Waals surface area contributed by atoms with E-state index in [-0.39, 0.29) is 22.4 Å². The molecular formula is C31H21NO9. The van der Waals surface area contributed by atoms with Crippen molar-refractivity contribution >= 4 is 29.7 Å². The summed E-state index contributed by atoms with van der Waals surface area (Å²) in [5.41, 5.74) is 0.111. The Bertz CT molecular complexity index is 1640. The van der Waals surface area contributed by atoms with Crippen LogP contribution >= 0.6 is 0 Å². The molecule has 0 radical (unpaired) electrons. The van der Waals surface area contributed by atoms with E-state index in [4.69, 9.17) is 9.47 Å². The van der Waals surface area contributed by atoms with Gasteiger partial charge in [0.25, 0.3) is 11.8 Å². The molecule has 2 amide bonds. The zero-order chi connectivity index (χ0) is 29.1.